The molecule has 0 saturated carbocycles. The third-order valence-electron chi connectivity index (χ3n) is 5.62. The second-order valence-corrected chi connectivity index (χ2v) is 10.1. The number of hydrogen-bond donors (Lipinski definition) is 3. The molecule has 2 aliphatic carbocycles. The fraction of sp³-hybridized carbons (Fsp3) is 0.429. The summed E-state index contributed by atoms with van der Waals surface area (Å²) in [6.45, 7) is 3.20. The van der Waals surface area contributed by atoms with E-state index in [2.05, 4.69) is 20.7 Å². The molecule has 2 aliphatic rings. The summed E-state index contributed by atoms with van der Waals surface area (Å²) in [5.41, 5.74) is 5.06. The van der Waals surface area contributed by atoms with Crippen LogP contribution in [0.4, 0.5) is 10.5 Å². The number of anilines is 1. The number of nitrogens with zero attached hydrogens (tertiary/aromatic N) is 2. The number of aryl methyl sites for hydroxylation is 2. The number of benzene rings is 1. The van der Waals surface area contributed by atoms with E-state index in [1.807, 2.05) is 0 Å². The molecule has 1 atom stereocenters. The molecule has 0 aliphatic heterocycles. The van der Waals surface area contributed by atoms with Crippen molar-refractivity contribution in [2.75, 3.05) is 5.32 Å². The van der Waals surface area contributed by atoms with Crippen molar-refractivity contribution in [2.24, 2.45) is 9.50 Å². The first-order chi connectivity index (χ1) is 13.6. The number of nitrogens with two attached hydrogens (primary N) is 1. The first-order valence-corrected chi connectivity index (χ1v) is 11.4. The fourth-order valence-electron chi connectivity index (χ4n) is 4.19. The molecule has 0 saturated heterocycles. The van der Waals surface area contributed by atoms with Crippen LogP contribution in [0.25, 0.3) is 0 Å². The number of urea groups is 1. The van der Waals surface area contributed by atoms with Gasteiger partial charge >= 0.3 is 6.03 Å². The summed E-state index contributed by atoms with van der Waals surface area (Å²) >= 11 is 0. The predicted molar refractivity (Wildman–Crippen MR) is 112 cm³/mol. The van der Waals surface area contributed by atoms with Crippen LogP contribution in [-0.4, -0.2) is 20.3 Å². The molecule has 2 amide bonds. The van der Waals surface area contributed by atoms with Gasteiger partial charge in [0.05, 0.1) is 10.6 Å². The second kappa shape index (κ2) is 7.19. The van der Waals surface area contributed by atoms with Gasteiger partial charge in [0.25, 0.3) is 0 Å². The molecule has 1 aromatic heterocycles. The topological polar surface area (TPSA) is 118 Å². The maximum Gasteiger partial charge on any atom is 0.354 e. The molecule has 7 nitrogen and oxygen atoms in total. The summed E-state index contributed by atoms with van der Waals surface area (Å²) < 4.78 is 16.6. The molecule has 0 bridgehead atoms. The van der Waals surface area contributed by atoms with Gasteiger partial charge in [-0.2, -0.15) is 0 Å². The van der Waals surface area contributed by atoms with Crippen LogP contribution in [-0.2, 0) is 41.2 Å². The third kappa shape index (κ3) is 3.92. The number of nitrogens with one attached hydrogen (secondary N) is 1. The monoisotopic (exact) mass is 414 g/mol. The molecule has 4 N–H and O–H groups in total. The molecule has 1 heterocycles. The van der Waals surface area contributed by atoms with Gasteiger partial charge in [0, 0.05) is 11.9 Å². The van der Waals surface area contributed by atoms with Crippen LogP contribution in [0.1, 0.15) is 54.6 Å². The van der Waals surface area contributed by atoms with E-state index in [4.69, 9.17) is 5.14 Å². The van der Waals surface area contributed by atoms with E-state index < -0.39 is 21.5 Å². The highest BCUT2D eigenvalue weighted by molar-refractivity contribution is 7.91. The van der Waals surface area contributed by atoms with Crippen LogP contribution in [0.2, 0.25) is 0 Å². The maximum atomic E-state index is 12.9. The van der Waals surface area contributed by atoms with Gasteiger partial charge in [-0.1, -0.05) is 6.07 Å². The number of carbonyl (C=O) groups excluding carboxylic acids is 1. The van der Waals surface area contributed by atoms with Crippen LogP contribution < -0.4 is 10.5 Å². The minimum atomic E-state index is -3.45. The lowest BCUT2D eigenvalue weighted by atomic mass is 9.99. The van der Waals surface area contributed by atoms with Gasteiger partial charge in [0.2, 0.25) is 0 Å². The molecular weight excluding hydrogens is 388 g/mol. The summed E-state index contributed by atoms with van der Waals surface area (Å²) in [6.07, 6.45) is 7.35. The molecule has 0 fully saturated rings. The van der Waals surface area contributed by atoms with Crippen LogP contribution in [0.3, 0.4) is 0 Å². The molecule has 4 rings (SSSR count). The Morgan fingerprint density at radius 1 is 1.17 bits per heavy atom. The van der Waals surface area contributed by atoms with Crippen molar-refractivity contribution < 1.29 is 14.1 Å². The Kier molecular flexibility index (Phi) is 4.96. The highest BCUT2D eigenvalue weighted by Crippen LogP contribution is 2.38. The normalized spacial score (nSPS) is 17.4. The minimum Gasteiger partial charge on any atom is -0.384 e. The van der Waals surface area contributed by atoms with Crippen molar-refractivity contribution in [3.63, 3.8) is 0 Å². The summed E-state index contributed by atoms with van der Waals surface area (Å²) in [7, 11) is -3.45. The third-order valence-corrected chi connectivity index (χ3v) is 6.98. The predicted octanol–water partition coefficient (Wildman–Crippen LogP) is 3.22. The van der Waals surface area contributed by atoms with Gasteiger partial charge in [-0.15, -0.1) is 4.36 Å². The van der Waals surface area contributed by atoms with Crippen molar-refractivity contribution in [1.82, 2.24) is 4.98 Å². The second-order valence-electron chi connectivity index (χ2n) is 8.26. The fourth-order valence-corrected chi connectivity index (χ4v) is 5.05. The van der Waals surface area contributed by atoms with E-state index in [1.165, 1.54) is 40.6 Å². The average molecular weight is 415 g/mol. The molecule has 1 aromatic carbocycles. The Bertz CT molecular complexity index is 1060. The lowest BCUT2D eigenvalue weighted by Crippen LogP contribution is -2.21. The average Bonchev–Trinajstić information content (AvgIpc) is 3.29. The SMILES string of the molecule is CC(C)(O)c1ccc([S@](N)(=O)=NC(=O)Nc2c3c(cc4c2CCC4)CCC3)cn1. The zero-order valence-corrected chi connectivity index (χ0v) is 17.5. The molecule has 154 valence electrons. The Morgan fingerprint density at radius 2 is 1.79 bits per heavy atom. The molecule has 0 unspecified atom stereocenters. The number of amides is 2. The quantitative estimate of drug-likeness (QED) is 0.714. The lowest BCUT2D eigenvalue weighted by Gasteiger charge is -2.17. The first-order valence-electron chi connectivity index (χ1n) is 9.86. The smallest absolute Gasteiger partial charge is 0.354 e. The minimum absolute atomic E-state index is 0.143. The molecule has 2 aromatic rings. The highest BCUT2D eigenvalue weighted by Gasteiger charge is 2.25. The largest absolute Gasteiger partial charge is 0.384 e. The number of hydrogen-bond acceptors (Lipinski definition) is 4. The van der Waals surface area contributed by atoms with Gasteiger partial charge in [-0.05, 0) is 86.8 Å². The zero-order valence-electron chi connectivity index (χ0n) is 16.7. The van der Waals surface area contributed by atoms with Crippen molar-refractivity contribution in [2.45, 2.75) is 62.9 Å². The van der Waals surface area contributed by atoms with Crippen LogP contribution in [0.15, 0.2) is 33.7 Å². The number of fused-ring (bicyclic) bond motifs is 2. The van der Waals surface area contributed by atoms with Gasteiger partial charge < -0.3 is 10.4 Å². The summed E-state index contributed by atoms with van der Waals surface area (Å²) in [6, 6.07) is 4.58. The summed E-state index contributed by atoms with van der Waals surface area (Å²) in [5.74, 6) is 0. The first kappa shape index (κ1) is 20.0. The highest BCUT2D eigenvalue weighted by atomic mass is 32.2. The number of rotatable bonds is 3. The van der Waals surface area contributed by atoms with E-state index >= 15 is 0 Å². The van der Waals surface area contributed by atoms with E-state index in [1.54, 1.807) is 13.8 Å². The number of aliphatic hydroxyl groups is 1. The van der Waals surface area contributed by atoms with Gasteiger partial charge in [0.15, 0.2) is 0 Å². The Hall–Kier alpha value is -2.29. The zero-order chi connectivity index (χ0) is 20.8. The van der Waals surface area contributed by atoms with E-state index in [0.29, 0.717) is 5.69 Å². The van der Waals surface area contributed by atoms with Crippen LogP contribution in [0.5, 0.6) is 0 Å². The van der Waals surface area contributed by atoms with Gasteiger partial charge in [-0.25, -0.2) is 14.1 Å². The molecule has 0 radical (unpaired) electrons. The van der Waals surface area contributed by atoms with Gasteiger partial charge in [-0.3, -0.25) is 4.98 Å². The van der Waals surface area contributed by atoms with Gasteiger partial charge in [0.1, 0.15) is 15.5 Å². The Morgan fingerprint density at radius 3 is 2.31 bits per heavy atom. The number of aromatic nitrogens is 1. The molecular formula is C21H26N4O3S. The summed E-state index contributed by atoms with van der Waals surface area (Å²) in [5, 5.41) is 18.7. The van der Waals surface area contributed by atoms with Crippen molar-refractivity contribution in [1.29, 1.82) is 0 Å². The Balaban J connectivity index is 1.63. The van der Waals surface area contributed by atoms with Crippen molar-refractivity contribution in [3.05, 3.63) is 52.3 Å². The molecule has 29 heavy (non-hydrogen) atoms. The van der Waals surface area contributed by atoms with E-state index in [9.17, 15) is 14.1 Å². The standard InChI is InChI=1S/C21H26N4O3S/c1-21(2,27)18-10-9-15(12-23-18)29(22,28)25-20(26)24-19-16-7-3-5-13(16)11-14-6-4-8-17(14)19/h9-12,27H,3-8H2,1-2H3,(H3,22,24,25,26,28)/t29-/m1/s1. The Labute approximate surface area is 171 Å². The van der Waals surface area contributed by atoms with E-state index in [-0.39, 0.29) is 4.90 Å². The molecule has 0 spiro atoms. The summed E-state index contributed by atoms with van der Waals surface area (Å²) in [4.78, 5) is 16.9. The van der Waals surface area contributed by atoms with Crippen LogP contribution >= 0.6 is 0 Å². The van der Waals surface area contributed by atoms with Crippen LogP contribution in [0, 0.1) is 0 Å². The number of carbonyl (C=O) groups is 1. The molecule has 8 heteroatoms. The number of pyridine rings is 1. The maximum absolute atomic E-state index is 12.9. The lowest BCUT2D eigenvalue weighted by molar-refractivity contribution is 0.0737. The van der Waals surface area contributed by atoms with Crippen molar-refractivity contribution >= 4 is 21.6 Å². The van der Waals surface area contributed by atoms with E-state index in [0.717, 1.165) is 44.2 Å². The van der Waals surface area contributed by atoms with Crippen molar-refractivity contribution in [3.8, 4) is 0 Å².